The van der Waals surface area contributed by atoms with Crippen LogP contribution in [0, 0.1) is 27.7 Å². The molecule has 7 nitrogen and oxygen atoms in total. The van der Waals surface area contributed by atoms with Crippen LogP contribution in [0.3, 0.4) is 0 Å². The summed E-state index contributed by atoms with van der Waals surface area (Å²) in [6, 6.07) is 3.22. The summed E-state index contributed by atoms with van der Waals surface area (Å²) in [4.78, 5) is 23.9. The average molecular weight is 357 g/mol. The second-order valence-electron chi connectivity index (χ2n) is 6.64. The van der Waals surface area contributed by atoms with Crippen molar-refractivity contribution in [2.24, 2.45) is 7.05 Å². The first kappa shape index (κ1) is 19.5. The van der Waals surface area contributed by atoms with Gasteiger partial charge in [-0.1, -0.05) is 6.07 Å². The fraction of sp³-hybridized carbons (Fsp3) is 0.421. The third-order valence-corrected chi connectivity index (χ3v) is 4.57. The molecule has 1 aromatic carbocycles. The lowest BCUT2D eigenvalue weighted by atomic mass is 10.1. The standard InChI is InChI=1S/C19H27N5O2/c1-10-8-9-16(11(2)18(10)21-15(6)25)22-19(26)20-12(3)17-13(4)23-24(7)14(17)5/h8-9,12H,1-7H3,(H,21,25)(H2,20,22,26). The van der Waals surface area contributed by atoms with Gasteiger partial charge >= 0.3 is 6.03 Å². The quantitative estimate of drug-likeness (QED) is 0.782. The largest absolute Gasteiger partial charge is 0.331 e. The summed E-state index contributed by atoms with van der Waals surface area (Å²) in [5, 5.41) is 13.0. The summed E-state index contributed by atoms with van der Waals surface area (Å²) in [7, 11) is 1.89. The molecule has 2 rings (SSSR count). The molecule has 0 saturated heterocycles. The number of amides is 3. The zero-order valence-electron chi connectivity index (χ0n) is 16.4. The fourth-order valence-corrected chi connectivity index (χ4v) is 3.19. The molecule has 0 saturated carbocycles. The highest BCUT2D eigenvalue weighted by atomic mass is 16.2. The van der Waals surface area contributed by atoms with E-state index in [1.165, 1.54) is 6.92 Å². The highest BCUT2D eigenvalue weighted by Gasteiger charge is 2.19. The Labute approximate surface area is 154 Å². The number of hydrogen-bond donors (Lipinski definition) is 3. The lowest BCUT2D eigenvalue weighted by Gasteiger charge is -2.18. The van der Waals surface area contributed by atoms with E-state index in [-0.39, 0.29) is 18.0 Å². The molecule has 1 atom stereocenters. The molecule has 0 aliphatic heterocycles. The molecule has 140 valence electrons. The zero-order valence-corrected chi connectivity index (χ0v) is 16.4. The lowest BCUT2D eigenvalue weighted by Crippen LogP contribution is -2.32. The molecule has 2 aromatic rings. The Morgan fingerprint density at radius 1 is 1.12 bits per heavy atom. The number of hydrogen-bond acceptors (Lipinski definition) is 3. The maximum Gasteiger partial charge on any atom is 0.319 e. The van der Waals surface area contributed by atoms with Crippen LogP contribution in [0.4, 0.5) is 16.2 Å². The smallest absolute Gasteiger partial charge is 0.319 e. The van der Waals surface area contributed by atoms with E-state index in [0.29, 0.717) is 5.69 Å². The predicted octanol–water partition coefficient (Wildman–Crippen LogP) is 3.49. The molecule has 7 heteroatoms. The monoisotopic (exact) mass is 357 g/mol. The van der Waals surface area contributed by atoms with E-state index in [0.717, 1.165) is 33.8 Å². The van der Waals surface area contributed by atoms with Crippen molar-refractivity contribution < 1.29 is 9.59 Å². The maximum absolute atomic E-state index is 12.5. The minimum absolute atomic E-state index is 0.144. The molecular formula is C19H27N5O2. The van der Waals surface area contributed by atoms with E-state index in [2.05, 4.69) is 21.0 Å². The molecule has 1 unspecified atom stereocenters. The van der Waals surface area contributed by atoms with Gasteiger partial charge in [0.05, 0.1) is 11.7 Å². The molecule has 0 aliphatic carbocycles. The van der Waals surface area contributed by atoms with Crippen molar-refractivity contribution in [3.05, 3.63) is 40.2 Å². The van der Waals surface area contributed by atoms with E-state index < -0.39 is 0 Å². The SMILES string of the molecule is CC(=O)Nc1c(C)ccc(NC(=O)NC(C)c2c(C)nn(C)c2C)c1C. The number of carbonyl (C=O) groups excluding carboxylic acids is 2. The number of urea groups is 1. The predicted molar refractivity (Wildman–Crippen MR) is 103 cm³/mol. The van der Waals surface area contributed by atoms with Crippen molar-refractivity contribution in [1.82, 2.24) is 15.1 Å². The molecule has 0 bridgehead atoms. The molecule has 0 radical (unpaired) electrons. The van der Waals surface area contributed by atoms with E-state index >= 15 is 0 Å². The summed E-state index contributed by atoms with van der Waals surface area (Å²) >= 11 is 0. The second kappa shape index (κ2) is 7.59. The number of nitrogens with one attached hydrogen (secondary N) is 3. The topological polar surface area (TPSA) is 88.1 Å². The van der Waals surface area contributed by atoms with Gasteiger partial charge in [-0.3, -0.25) is 9.48 Å². The van der Waals surface area contributed by atoms with Gasteiger partial charge in [-0.25, -0.2) is 4.79 Å². The normalized spacial score (nSPS) is 11.8. The third-order valence-electron chi connectivity index (χ3n) is 4.57. The number of benzene rings is 1. The summed E-state index contributed by atoms with van der Waals surface area (Å²) in [6.07, 6.45) is 0. The first-order valence-corrected chi connectivity index (χ1v) is 8.57. The third kappa shape index (κ3) is 4.04. The summed E-state index contributed by atoms with van der Waals surface area (Å²) in [5.41, 5.74) is 6.08. The number of rotatable bonds is 4. The summed E-state index contributed by atoms with van der Waals surface area (Å²) in [6.45, 7) is 11.1. The summed E-state index contributed by atoms with van der Waals surface area (Å²) in [5.74, 6) is -0.144. The Kier molecular flexibility index (Phi) is 5.69. The average Bonchev–Trinajstić information content (AvgIpc) is 2.79. The minimum Gasteiger partial charge on any atom is -0.331 e. The Balaban J connectivity index is 2.16. The minimum atomic E-state index is -0.305. The molecule has 3 N–H and O–H groups in total. The Hall–Kier alpha value is -2.83. The van der Waals surface area contributed by atoms with Crippen LogP contribution in [0.25, 0.3) is 0 Å². The van der Waals surface area contributed by atoms with Gasteiger partial charge in [0.15, 0.2) is 0 Å². The van der Waals surface area contributed by atoms with Crippen LogP contribution in [0.5, 0.6) is 0 Å². The number of anilines is 2. The van der Waals surface area contributed by atoms with Gasteiger partial charge in [0.1, 0.15) is 0 Å². The van der Waals surface area contributed by atoms with Gasteiger partial charge in [0, 0.05) is 36.6 Å². The second-order valence-corrected chi connectivity index (χ2v) is 6.64. The van der Waals surface area contributed by atoms with E-state index in [9.17, 15) is 9.59 Å². The molecule has 1 heterocycles. The first-order chi connectivity index (χ1) is 12.1. The summed E-state index contributed by atoms with van der Waals surface area (Å²) < 4.78 is 1.81. The number of carbonyl (C=O) groups is 2. The first-order valence-electron chi connectivity index (χ1n) is 8.57. The van der Waals surface area contributed by atoms with Crippen LogP contribution in [0.2, 0.25) is 0 Å². The van der Waals surface area contributed by atoms with Gasteiger partial charge in [-0.05, 0) is 51.8 Å². The van der Waals surface area contributed by atoms with E-state index in [4.69, 9.17) is 0 Å². The van der Waals surface area contributed by atoms with Gasteiger partial charge in [0.25, 0.3) is 0 Å². The zero-order chi connectivity index (χ0) is 19.6. The molecule has 0 fully saturated rings. The maximum atomic E-state index is 12.5. The molecule has 0 spiro atoms. The van der Waals surface area contributed by atoms with Crippen LogP contribution < -0.4 is 16.0 Å². The van der Waals surface area contributed by atoms with Crippen molar-refractivity contribution >= 4 is 23.3 Å². The Morgan fingerprint density at radius 2 is 1.77 bits per heavy atom. The van der Waals surface area contributed by atoms with Crippen LogP contribution in [0.15, 0.2) is 12.1 Å². The number of aromatic nitrogens is 2. The Bertz CT molecular complexity index is 854. The number of nitrogens with zero attached hydrogens (tertiary/aromatic N) is 2. The highest BCUT2D eigenvalue weighted by Crippen LogP contribution is 2.27. The van der Waals surface area contributed by atoms with E-state index in [1.54, 1.807) is 0 Å². The van der Waals surface area contributed by atoms with Crippen LogP contribution in [-0.2, 0) is 11.8 Å². The van der Waals surface area contributed by atoms with Crippen LogP contribution in [0.1, 0.15) is 48.0 Å². The number of aryl methyl sites for hydroxylation is 3. The molecular weight excluding hydrogens is 330 g/mol. The lowest BCUT2D eigenvalue weighted by molar-refractivity contribution is -0.114. The van der Waals surface area contributed by atoms with Crippen molar-refractivity contribution in [3.63, 3.8) is 0 Å². The van der Waals surface area contributed by atoms with Crippen molar-refractivity contribution in [3.8, 4) is 0 Å². The Morgan fingerprint density at radius 3 is 2.31 bits per heavy atom. The van der Waals surface area contributed by atoms with Crippen LogP contribution in [-0.4, -0.2) is 21.7 Å². The van der Waals surface area contributed by atoms with E-state index in [1.807, 2.05) is 58.5 Å². The molecule has 3 amide bonds. The van der Waals surface area contributed by atoms with Crippen molar-refractivity contribution in [2.75, 3.05) is 10.6 Å². The van der Waals surface area contributed by atoms with Gasteiger partial charge in [-0.2, -0.15) is 5.10 Å². The van der Waals surface area contributed by atoms with Gasteiger partial charge in [0.2, 0.25) is 5.91 Å². The van der Waals surface area contributed by atoms with Crippen molar-refractivity contribution in [1.29, 1.82) is 0 Å². The van der Waals surface area contributed by atoms with Gasteiger partial charge in [-0.15, -0.1) is 0 Å². The van der Waals surface area contributed by atoms with Gasteiger partial charge < -0.3 is 16.0 Å². The van der Waals surface area contributed by atoms with Crippen LogP contribution >= 0.6 is 0 Å². The molecule has 0 aliphatic rings. The fourth-order valence-electron chi connectivity index (χ4n) is 3.19. The van der Waals surface area contributed by atoms with Crippen molar-refractivity contribution in [2.45, 2.75) is 47.6 Å². The molecule has 1 aromatic heterocycles. The highest BCUT2D eigenvalue weighted by molar-refractivity contribution is 5.95. The molecule has 26 heavy (non-hydrogen) atoms.